The van der Waals surface area contributed by atoms with Crippen LogP contribution in [0.25, 0.3) is 17.0 Å². The molecule has 1 atom stereocenters. The summed E-state index contributed by atoms with van der Waals surface area (Å²) in [7, 11) is 0. The molecule has 210 valence electrons. The van der Waals surface area contributed by atoms with Gasteiger partial charge < -0.3 is 20.9 Å². The van der Waals surface area contributed by atoms with Crippen molar-refractivity contribution in [2.75, 3.05) is 10.6 Å². The fourth-order valence-corrected chi connectivity index (χ4v) is 5.27. The van der Waals surface area contributed by atoms with Crippen LogP contribution in [0.4, 0.5) is 11.4 Å². The molecule has 1 heterocycles. The molecular weight excluding hydrogens is 544 g/mol. The average molecular weight is 575 g/mol. The third kappa shape index (κ3) is 7.35. The van der Waals surface area contributed by atoms with Crippen LogP contribution >= 0.6 is 11.8 Å². The van der Waals surface area contributed by atoms with Gasteiger partial charge in [-0.25, -0.2) is 0 Å². The molecule has 0 radical (unpaired) electrons. The molecule has 0 bridgehead atoms. The molecule has 8 heteroatoms. The van der Waals surface area contributed by atoms with Gasteiger partial charge in [0.2, 0.25) is 5.91 Å². The zero-order chi connectivity index (χ0) is 29.5. The van der Waals surface area contributed by atoms with Crippen molar-refractivity contribution in [3.8, 4) is 0 Å². The van der Waals surface area contributed by atoms with Crippen molar-refractivity contribution in [3.05, 3.63) is 132 Å². The lowest BCUT2D eigenvalue weighted by molar-refractivity contribution is -0.115. The maximum atomic E-state index is 13.4. The number of amides is 3. The number of carbonyl (C=O) groups is 3. The fraction of sp³-hybridized carbons (Fsp3) is 0.0882. The third-order valence-electron chi connectivity index (χ3n) is 6.48. The first kappa shape index (κ1) is 28.4. The molecule has 0 aliphatic rings. The number of anilines is 2. The number of carbonyl (C=O) groups excluding carboxylic acids is 3. The molecule has 0 spiro atoms. The lowest BCUT2D eigenvalue weighted by Crippen LogP contribution is -2.30. The van der Waals surface area contributed by atoms with E-state index in [4.69, 9.17) is 0 Å². The van der Waals surface area contributed by atoms with Gasteiger partial charge in [0.05, 0.1) is 5.25 Å². The highest BCUT2D eigenvalue weighted by Crippen LogP contribution is 2.27. The molecule has 1 unspecified atom stereocenters. The Balaban J connectivity index is 1.28. The molecule has 0 fully saturated rings. The summed E-state index contributed by atoms with van der Waals surface area (Å²) in [4.78, 5) is 43.2. The van der Waals surface area contributed by atoms with Crippen LogP contribution in [0.3, 0.4) is 0 Å². The molecule has 5 aromatic rings. The lowest BCUT2D eigenvalue weighted by Gasteiger charge is -2.14. The molecule has 7 nitrogen and oxygen atoms in total. The Hall–Kier alpha value is -5.08. The van der Waals surface area contributed by atoms with Crippen molar-refractivity contribution in [3.63, 3.8) is 0 Å². The number of nitrogens with one attached hydrogen (secondary N) is 4. The second-order valence-corrected chi connectivity index (χ2v) is 11.2. The largest absolute Gasteiger partial charge is 0.361 e. The number of aryl methyl sites for hydroxylation is 1. The van der Waals surface area contributed by atoms with Crippen molar-refractivity contribution in [2.24, 2.45) is 0 Å². The van der Waals surface area contributed by atoms with Gasteiger partial charge >= 0.3 is 0 Å². The molecule has 1 aromatic heterocycles. The van der Waals surface area contributed by atoms with Gasteiger partial charge in [0.15, 0.2) is 0 Å². The van der Waals surface area contributed by atoms with Crippen LogP contribution in [0.15, 0.2) is 120 Å². The maximum Gasteiger partial charge on any atom is 0.272 e. The Labute approximate surface area is 248 Å². The normalized spacial score (nSPS) is 12.0. The molecule has 4 N–H and O–H groups in total. The van der Waals surface area contributed by atoms with Crippen molar-refractivity contribution in [1.82, 2.24) is 10.3 Å². The summed E-state index contributed by atoms with van der Waals surface area (Å²) in [6, 6.07) is 31.4. The van der Waals surface area contributed by atoms with E-state index >= 15 is 0 Å². The van der Waals surface area contributed by atoms with Gasteiger partial charge in [-0.3, -0.25) is 14.4 Å². The molecule has 5 rings (SSSR count). The van der Waals surface area contributed by atoms with Crippen LogP contribution in [0.2, 0.25) is 0 Å². The van der Waals surface area contributed by atoms with Crippen LogP contribution in [0, 0.1) is 6.92 Å². The summed E-state index contributed by atoms with van der Waals surface area (Å²) in [5.74, 6) is -0.981. The quantitative estimate of drug-likeness (QED) is 0.112. The highest BCUT2D eigenvalue weighted by molar-refractivity contribution is 8.00. The summed E-state index contributed by atoms with van der Waals surface area (Å²) in [5.41, 5.74) is 4.58. The van der Waals surface area contributed by atoms with Crippen LogP contribution in [-0.4, -0.2) is 28.0 Å². The minimum Gasteiger partial charge on any atom is -0.361 e. The van der Waals surface area contributed by atoms with E-state index in [1.165, 1.54) is 11.8 Å². The molecular formula is C34H30N4O3S. The van der Waals surface area contributed by atoms with Gasteiger partial charge in [-0.2, -0.15) is 0 Å². The average Bonchev–Trinajstić information content (AvgIpc) is 3.45. The van der Waals surface area contributed by atoms with Gasteiger partial charge in [-0.1, -0.05) is 60.2 Å². The molecule has 4 aromatic carbocycles. The number of H-pyrrole nitrogens is 1. The molecule has 0 aliphatic carbocycles. The summed E-state index contributed by atoms with van der Waals surface area (Å²) in [5, 5.41) is 9.31. The van der Waals surface area contributed by atoms with E-state index in [1.807, 2.05) is 86.8 Å². The standard InChI is InChI=1S/C34H30N4O3S/c1-22-8-6-9-24(18-22)19-31(38-33(40)26-10-4-3-5-11-26)34(41)37-27-12-7-13-29(20-27)42-23(2)32(39)36-28-15-14-25-16-17-35-30(25)21-28/h3-21,23,35H,1-2H3,(H,36,39)(H,37,41)(H,38,40)/b31-19+. The lowest BCUT2D eigenvalue weighted by atomic mass is 10.1. The number of benzene rings is 4. The molecule has 0 saturated carbocycles. The van der Waals surface area contributed by atoms with Gasteiger partial charge in [0, 0.05) is 33.5 Å². The zero-order valence-corrected chi connectivity index (χ0v) is 24.0. The molecule has 42 heavy (non-hydrogen) atoms. The first-order valence-corrected chi connectivity index (χ1v) is 14.3. The second-order valence-electron chi connectivity index (χ2n) is 9.80. The van der Waals surface area contributed by atoms with Gasteiger partial charge in [0.25, 0.3) is 11.8 Å². The topological polar surface area (TPSA) is 103 Å². The van der Waals surface area contributed by atoms with Crippen LogP contribution in [0.1, 0.15) is 28.4 Å². The Morgan fingerprint density at radius 1 is 0.810 bits per heavy atom. The monoisotopic (exact) mass is 574 g/mol. The minimum atomic E-state index is -0.464. The van der Waals surface area contributed by atoms with Crippen molar-refractivity contribution in [1.29, 1.82) is 0 Å². The van der Waals surface area contributed by atoms with E-state index in [1.54, 1.807) is 42.5 Å². The second kappa shape index (κ2) is 13.1. The molecule has 0 aliphatic heterocycles. The minimum absolute atomic E-state index is 0.110. The molecule has 3 amide bonds. The van der Waals surface area contributed by atoms with Crippen LogP contribution in [-0.2, 0) is 9.59 Å². The number of rotatable bonds is 9. The van der Waals surface area contributed by atoms with Crippen molar-refractivity contribution >= 4 is 57.8 Å². The summed E-state index contributed by atoms with van der Waals surface area (Å²) in [6.45, 7) is 3.80. The van der Waals surface area contributed by atoms with Crippen molar-refractivity contribution in [2.45, 2.75) is 24.0 Å². The maximum absolute atomic E-state index is 13.4. The van der Waals surface area contributed by atoms with E-state index < -0.39 is 11.2 Å². The number of hydrogen-bond acceptors (Lipinski definition) is 4. The summed E-state index contributed by atoms with van der Waals surface area (Å²) >= 11 is 1.38. The van der Waals surface area contributed by atoms with Gasteiger partial charge in [0.1, 0.15) is 5.70 Å². The Morgan fingerprint density at radius 3 is 2.40 bits per heavy atom. The first-order valence-electron chi connectivity index (χ1n) is 13.4. The highest BCUT2D eigenvalue weighted by atomic mass is 32.2. The molecule has 0 saturated heterocycles. The van der Waals surface area contributed by atoms with Gasteiger partial charge in [-0.05, 0) is 79.4 Å². The number of fused-ring (bicyclic) bond motifs is 1. The summed E-state index contributed by atoms with van der Waals surface area (Å²) < 4.78 is 0. The van der Waals surface area contributed by atoms with Crippen molar-refractivity contribution < 1.29 is 14.4 Å². The Kier molecular flexibility index (Phi) is 8.84. The number of aromatic amines is 1. The summed E-state index contributed by atoms with van der Waals surface area (Å²) in [6.07, 6.45) is 3.51. The fourth-order valence-electron chi connectivity index (χ4n) is 4.34. The first-order chi connectivity index (χ1) is 20.3. The zero-order valence-electron chi connectivity index (χ0n) is 23.2. The van der Waals surface area contributed by atoms with E-state index in [0.29, 0.717) is 16.9 Å². The number of thioether (sulfide) groups is 1. The van der Waals surface area contributed by atoms with E-state index in [-0.39, 0.29) is 17.5 Å². The Morgan fingerprint density at radius 2 is 1.60 bits per heavy atom. The van der Waals surface area contributed by atoms with E-state index in [9.17, 15) is 14.4 Å². The van der Waals surface area contributed by atoms with Gasteiger partial charge in [-0.15, -0.1) is 11.8 Å². The number of aromatic nitrogens is 1. The third-order valence-corrected chi connectivity index (χ3v) is 7.57. The predicted molar refractivity (Wildman–Crippen MR) is 170 cm³/mol. The van der Waals surface area contributed by atoms with E-state index in [2.05, 4.69) is 20.9 Å². The van der Waals surface area contributed by atoms with Crippen LogP contribution < -0.4 is 16.0 Å². The van der Waals surface area contributed by atoms with Crippen LogP contribution in [0.5, 0.6) is 0 Å². The SMILES string of the molecule is Cc1cccc(/C=C(/NC(=O)c2ccccc2)C(=O)Nc2cccc(SC(C)C(=O)Nc3ccc4cc[nH]c4c3)c2)c1. The Bertz CT molecular complexity index is 1780. The smallest absolute Gasteiger partial charge is 0.272 e. The highest BCUT2D eigenvalue weighted by Gasteiger charge is 2.17. The van der Waals surface area contributed by atoms with E-state index in [0.717, 1.165) is 26.9 Å². The number of hydrogen-bond donors (Lipinski definition) is 4. The predicted octanol–water partition coefficient (Wildman–Crippen LogP) is 7.01.